The minimum Gasteiger partial charge on any atom is -0.495 e. The molecule has 0 aromatic heterocycles. The first kappa shape index (κ1) is 28.5. The van der Waals surface area contributed by atoms with E-state index in [1.54, 1.807) is 43.3 Å². The highest BCUT2D eigenvalue weighted by atomic mass is 32.2. The Morgan fingerprint density at radius 3 is 2.08 bits per heavy atom. The molecule has 3 rings (SSSR count). The number of hydrogen-bond donors (Lipinski definition) is 1. The van der Waals surface area contributed by atoms with Crippen LogP contribution in [0.4, 0.5) is 5.69 Å². The number of carbonyl (C=O) groups excluding carboxylic acids is 2. The van der Waals surface area contributed by atoms with Crippen LogP contribution in [-0.2, 0) is 26.1 Å². The average Bonchev–Trinajstić information content (AvgIpc) is 2.92. The summed E-state index contributed by atoms with van der Waals surface area (Å²) in [5.74, 6) is -0.741. The van der Waals surface area contributed by atoms with Crippen LogP contribution in [0, 0.1) is 6.92 Å². The van der Waals surface area contributed by atoms with E-state index in [1.165, 1.54) is 46.6 Å². The fraction of sp³-hybridized carbons (Fsp3) is 0.259. The van der Waals surface area contributed by atoms with Crippen molar-refractivity contribution in [1.82, 2.24) is 4.31 Å². The number of anilines is 1. The van der Waals surface area contributed by atoms with Crippen molar-refractivity contribution >= 4 is 27.6 Å². The number of methoxy groups -OCH3 is 4. The summed E-state index contributed by atoms with van der Waals surface area (Å²) in [4.78, 5) is 25.6. The number of carbonyl (C=O) groups is 2. The van der Waals surface area contributed by atoms with Gasteiger partial charge in [0, 0.05) is 18.7 Å². The summed E-state index contributed by atoms with van der Waals surface area (Å²) in [6, 6.07) is 16.5. The quantitative estimate of drug-likeness (QED) is 0.365. The molecule has 0 radical (unpaired) electrons. The maximum absolute atomic E-state index is 13.8. The van der Waals surface area contributed by atoms with Crippen molar-refractivity contribution in [1.29, 1.82) is 0 Å². The largest absolute Gasteiger partial charge is 0.495 e. The molecule has 0 aliphatic heterocycles. The standard InChI is InChI=1S/C27H30N2O8S/c1-18-11-12-22(34-2)25(13-18)38(32,33)29(16-19-9-7-6-8-10-19)17-26(30)28-21-15-24(36-4)23(35-3)14-20(21)27(31)37-5/h6-15H,16-17H2,1-5H3,(H,28,30). The van der Waals surface area contributed by atoms with Gasteiger partial charge < -0.3 is 24.3 Å². The van der Waals surface area contributed by atoms with E-state index in [-0.39, 0.29) is 39.9 Å². The van der Waals surface area contributed by atoms with Gasteiger partial charge in [-0.05, 0) is 30.2 Å². The number of rotatable bonds is 11. The van der Waals surface area contributed by atoms with Crippen molar-refractivity contribution in [3.8, 4) is 17.2 Å². The fourth-order valence-electron chi connectivity index (χ4n) is 3.75. The number of aryl methyl sites for hydroxylation is 1. The zero-order valence-corrected chi connectivity index (χ0v) is 22.6. The van der Waals surface area contributed by atoms with E-state index in [0.717, 1.165) is 4.31 Å². The number of amides is 1. The van der Waals surface area contributed by atoms with Crippen LogP contribution in [0.5, 0.6) is 17.2 Å². The summed E-state index contributed by atoms with van der Waals surface area (Å²) in [6.07, 6.45) is 0. The summed E-state index contributed by atoms with van der Waals surface area (Å²) in [6.45, 7) is 1.13. The Bertz CT molecular complexity index is 1410. The number of nitrogens with one attached hydrogen (secondary N) is 1. The second-order valence-electron chi connectivity index (χ2n) is 8.21. The molecule has 38 heavy (non-hydrogen) atoms. The van der Waals surface area contributed by atoms with Gasteiger partial charge in [0.25, 0.3) is 0 Å². The number of ether oxygens (including phenoxy) is 4. The van der Waals surface area contributed by atoms with Gasteiger partial charge in [-0.15, -0.1) is 0 Å². The van der Waals surface area contributed by atoms with Crippen LogP contribution in [0.3, 0.4) is 0 Å². The number of esters is 1. The van der Waals surface area contributed by atoms with Gasteiger partial charge in [0.15, 0.2) is 11.5 Å². The molecule has 0 saturated heterocycles. The highest BCUT2D eigenvalue weighted by molar-refractivity contribution is 7.89. The summed E-state index contributed by atoms with van der Waals surface area (Å²) >= 11 is 0. The molecule has 0 fully saturated rings. The van der Waals surface area contributed by atoms with E-state index in [1.807, 2.05) is 6.07 Å². The van der Waals surface area contributed by atoms with Crippen LogP contribution in [0.25, 0.3) is 0 Å². The molecule has 0 atom stereocenters. The molecule has 0 heterocycles. The Morgan fingerprint density at radius 1 is 0.842 bits per heavy atom. The molecule has 3 aromatic carbocycles. The van der Waals surface area contributed by atoms with Gasteiger partial charge in [0.1, 0.15) is 10.6 Å². The molecule has 11 heteroatoms. The third kappa shape index (κ3) is 6.42. The van der Waals surface area contributed by atoms with Crippen LogP contribution in [0.1, 0.15) is 21.5 Å². The highest BCUT2D eigenvalue weighted by Gasteiger charge is 2.30. The fourth-order valence-corrected chi connectivity index (χ4v) is 5.37. The minimum absolute atomic E-state index is 0.0105. The van der Waals surface area contributed by atoms with E-state index in [9.17, 15) is 18.0 Å². The lowest BCUT2D eigenvalue weighted by Gasteiger charge is -2.23. The third-order valence-corrected chi connectivity index (χ3v) is 7.47. The van der Waals surface area contributed by atoms with Crippen molar-refractivity contribution in [3.05, 3.63) is 77.4 Å². The molecule has 0 bridgehead atoms. The number of nitrogens with zero attached hydrogens (tertiary/aromatic N) is 1. The number of hydrogen-bond acceptors (Lipinski definition) is 8. The SMILES string of the molecule is COC(=O)c1cc(OC)c(OC)cc1NC(=O)CN(Cc1ccccc1)S(=O)(=O)c1cc(C)ccc1OC. The van der Waals surface area contributed by atoms with Crippen LogP contribution >= 0.6 is 0 Å². The molecule has 0 saturated carbocycles. The first-order chi connectivity index (χ1) is 18.1. The third-order valence-electron chi connectivity index (χ3n) is 5.66. The first-order valence-electron chi connectivity index (χ1n) is 11.5. The van der Waals surface area contributed by atoms with Gasteiger partial charge >= 0.3 is 5.97 Å². The van der Waals surface area contributed by atoms with E-state index < -0.39 is 28.4 Å². The Morgan fingerprint density at radius 2 is 1.47 bits per heavy atom. The molecule has 0 aliphatic carbocycles. The average molecular weight is 543 g/mol. The van der Waals surface area contributed by atoms with Gasteiger partial charge in [-0.25, -0.2) is 13.2 Å². The predicted molar refractivity (Wildman–Crippen MR) is 141 cm³/mol. The molecule has 202 valence electrons. The Labute approximate surface area is 222 Å². The van der Waals surface area contributed by atoms with E-state index in [0.29, 0.717) is 11.1 Å². The molecular weight excluding hydrogens is 512 g/mol. The van der Waals surface area contributed by atoms with Crippen molar-refractivity contribution in [2.45, 2.75) is 18.4 Å². The second-order valence-corrected chi connectivity index (χ2v) is 10.1. The van der Waals surface area contributed by atoms with Gasteiger partial charge in [0.05, 0.1) is 46.2 Å². The second kappa shape index (κ2) is 12.4. The number of benzene rings is 3. The topological polar surface area (TPSA) is 120 Å². The molecule has 0 spiro atoms. The number of sulfonamides is 1. The monoisotopic (exact) mass is 542 g/mol. The molecule has 1 amide bonds. The predicted octanol–water partition coefficient (Wildman–Crippen LogP) is 3.64. The van der Waals surface area contributed by atoms with Crippen molar-refractivity contribution in [3.63, 3.8) is 0 Å². The Balaban J connectivity index is 2.01. The summed E-state index contributed by atoms with van der Waals surface area (Å²) in [5, 5.41) is 2.62. The smallest absolute Gasteiger partial charge is 0.340 e. The highest BCUT2D eigenvalue weighted by Crippen LogP contribution is 2.34. The van der Waals surface area contributed by atoms with E-state index in [2.05, 4.69) is 5.32 Å². The van der Waals surface area contributed by atoms with Crippen molar-refractivity contribution in [2.24, 2.45) is 0 Å². The lowest BCUT2D eigenvalue weighted by atomic mass is 10.1. The normalized spacial score (nSPS) is 11.1. The molecule has 1 N–H and O–H groups in total. The van der Waals surface area contributed by atoms with Gasteiger partial charge in [-0.2, -0.15) is 4.31 Å². The Kier molecular flexibility index (Phi) is 9.32. The maximum Gasteiger partial charge on any atom is 0.340 e. The summed E-state index contributed by atoms with van der Waals surface area (Å²) in [5.41, 5.74) is 1.47. The van der Waals surface area contributed by atoms with E-state index in [4.69, 9.17) is 18.9 Å². The lowest BCUT2D eigenvalue weighted by molar-refractivity contribution is -0.116. The summed E-state index contributed by atoms with van der Waals surface area (Å²) in [7, 11) is 1.20. The lowest BCUT2D eigenvalue weighted by Crippen LogP contribution is -2.38. The summed E-state index contributed by atoms with van der Waals surface area (Å²) < 4.78 is 49.4. The molecule has 10 nitrogen and oxygen atoms in total. The van der Waals surface area contributed by atoms with Gasteiger partial charge in [-0.1, -0.05) is 36.4 Å². The van der Waals surface area contributed by atoms with Crippen LogP contribution < -0.4 is 19.5 Å². The zero-order valence-electron chi connectivity index (χ0n) is 21.8. The zero-order chi connectivity index (χ0) is 27.9. The maximum atomic E-state index is 13.8. The van der Waals surface area contributed by atoms with Gasteiger partial charge in [0.2, 0.25) is 15.9 Å². The van der Waals surface area contributed by atoms with E-state index >= 15 is 0 Å². The first-order valence-corrected chi connectivity index (χ1v) is 12.9. The van der Waals surface area contributed by atoms with Crippen molar-refractivity contribution < 1.29 is 37.0 Å². The Hall–Kier alpha value is -4.09. The van der Waals surface area contributed by atoms with Gasteiger partial charge in [-0.3, -0.25) is 4.79 Å². The van der Waals surface area contributed by atoms with Crippen LogP contribution in [0.2, 0.25) is 0 Å². The molecule has 0 unspecified atom stereocenters. The molecule has 0 aliphatic rings. The minimum atomic E-state index is -4.20. The van der Waals surface area contributed by atoms with Crippen LogP contribution in [0.15, 0.2) is 65.6 Å². The van der Waals surface area contributed by atoms with Crippen LogP contribution in [-0.4, -0.2) is 59.6 Å². The molecular formula is C27H30N2O8S. The van der Waals surface area contributed by atoms with Crippen molar-refractivity contribution in [2.75, 3.05) is 40.3 Å². The molecule has 3 aromatic rings.